The van der Waals surface area contributed by atoms with Crippen molar-refractivity contribution in [3.8, 4) is 0 Å². The molecule has 2 saturated heterocycles. The van der Waals surface area contributed by atoms with Gasteiger partial charge in [0.25, 0.3) is 10.0 Å². The number of hydrogen-bond acceptors (Lipinski definition) is 5. The number of hydrogen-bond donors (Lipinski definition) is 2. The van der Waals surface area contributed by atoms with Gasteiger partial charge in [0.1, 0.15) is 4.21 Å². The minimum absolute atomic E-state index is 0.00732. The number of rotatable bonds is 7. The maximum atomic E-state index is 12.9. The van der Waals surface area contributed by atoms with Gasteiger partial charge in [-0.05, 0) is 44.2 Å². The van der Waals surface area contributed by atoms with Gasteiger partial charge in [0, 0.05) is 32.7 Å². The summed E-state index contributed by atoms with van der Waals surface area (Å²) in [5.41, 5.74) is 0. The van der Waals surface area contributed by atoms with Gasteiger partial charge < -0.3 is 10.2 Å². The average molecular weight is 471 g/mol. The third-order valence-electron chi connectivity index (χ3n) is 5.88. The number of carbonyl (C=O) groups is 2. The average Bonchev–Trinajstić information content (AvgIpc) is 3.06. The number of nitrogens with one attached hydrogen (secondary N) is 2. The summed E-state index contributed by atoms with van der Waals surface area (Å²) in [6.07, 6.45) is 7.42. The Morgan fingerprint density at radius 1 is 1.10 bits per heavy atom. The molecule has 1 unspecified atom stereocenters. The number of anilines is 1. The van der Waals surface area contributed by atoms with Gasteiger partial charge in [-0.2, -0.15) is 4.31 Å². The SMILES string of the molecule is CCCCNC(=O)C1CCCN(C(=O)Nc2ccc(S(=O)(=O)N3CCCCCC3)s2)C1. The van der Waals surface area contributed by atoms with Crippen LogP contribution in [0.5, 0.6) is 0 Å². The van der Waals surface area contributed by atoms with E-state index in [9.17, 15) is 18.0 Å². The van der Waals surface area contributed by atoms with Crippen molar-refractivity contribution in [1.82, 2.24) is 14.5 Å². The van der Waals surface area contributed by atoms with Crippen LogP contribution in [0, 0.1) is 5.92 Å². The molecule has 0 radical (unpaired) electrons. The fraction of sp³-hybridized carbons (Fsp3) is 0.714. The molecular weight excluding hydrogens is 436 g/mol. The molecule has 8 nitrogen and oxygen atoms in total. The molecule has 2 N–H and O–H groups in total. The highest BCUT2D eigenvalue weighted by atomic mass is 32.2. The van der Waals surface area contributed by atoms with Crippen molar-refractivity contribution in [2.45, 2.75) is 62.5 Å². The van der Waals surface area contributed by atoms with Crippen LogP contribution in [0.3, 0.4) is 0 Å². The fourth-order valence-electron chi connectivity index (χ4n) is 4.03. The number of unbranched alkanes of at least 4 members (excludes halogenated alkanes) is 1. The van der Waals surface area contributed by atoms with Gasteiger partial charge in [-0.1, -0.05) is 26.2 Å². The first-order valence-corrected chi connectivity index (χ1v) is 13.6. The van der Waals surface area contributed by atoms with Crippen LogP contribution in [0.2, 0.25) is 0 Å². The summed E-state index contributed by atoms with van der Waals surface area (Å²) in [5, 5.41) is 6.28. The van der Waals surface area contributed by atoms with E-state index in [1.807, 2.05) is 0 Å². The van der Waals surface area contributed by atoms with Gasteiger partial charge in [0.15, 0.2) is 0 Å². The Labute approximate surface area is 189 Å². The first kappa shape index (κ1) is 24.0. The van der Waals surface area contributed by atoms with E-state index in [-0.39, 0.29) is 22.1 Å². The van der Waals surface area contributed by atoms with Crippen LogP contribution < -0.4 is 10.6 Å². The third kappa shape index (κ3) is 6.43. The highest BCUT2D eigenvalue weighted by molar-refractivity contribution is 7.91. The molecule has 174 valence electrons. The highest BCUT2D eigenvalue weighted by Gasteiger charge is 2.30. The first-order valence-electron chi connectivity index (χ1n) is 11.4. The van der Waals surface area contributed by atoms with E-state index >= 15 is 0 Å². The van der Waals surface area contributed by atoms with Gasteiger partial charge in [-0.25, -0.2) is 13.2 Å². The zero-order valence-electron chi connectivity index (χ0n) is 18.3. The molecular formula is C21H34N4O4S2. The predicted octanol–water partition coefficient (Wildman–Crippen LogP) is 3.47. The normalized spacial score (nSPS) is 20.8. The Bertz CT molecular complexity index is 847. The van der Waals surface area contributed by atoms with Gasteiger partial charge in [-0.3, -0.25) is 10.1 Å². The molecule has 2 aliphatic rings. The molecule has 2 fully saturated rings. The number of likely N-dealkylation sites (tertiary alicyclic amines) is 1. The number of amides is 3. The van der Waals surface area contributed by atoms with E-state index < -0.39 is 10.0 Å². The second kappa shape index (κ2) is 11.3. The summed E-state index contributed by atoms with van der Waals surface area (Å²) < 4.78 is 27.7. The molecule has 0 bridgehead atoms. The molecule has 0 aromatic carbocycles. The van der Waals surface area contributed by atoms with Crippen molar-refractivity contribution in [2.75, 3.05) is 38.0 Å². The zero-order chi connectivity index (χ0) is 22.3. The molecule has 1 aromatic heterocycles. The zero-order valence-corrected chi connectivity index (χ0v) is 19.9. The van der Waals surface area contributed by atoms with Gasteiger partial charge in [0.05, 0.1) is 10.9 Å². The van der Waals surface area contributed by atoms with Crippen molar-refractivity contribution in [1.29, 1.82) is 0 Å². The van der Waals surface area contributed by atoms with Crippen molar-refractivity contribution < 1.29 is 18.0 Å². The quantitative estimate of drug-likeness (QED) is 0.596. The maximum absolute atomic E-state index is 12.9. The Morgan fingerprint density at radius 3 is 2.55 bits per heavy atom. The Balaban J connectivity index is 1.57. The second-order valence-electron chi connectivity index (χ2n) is 8.30. The summed E-state index contributed by atoms with van der Waals surface area (Å²) in [6, 6.07) is 2.93. The smallest absolute Gasteiger partial charge is 0.322 e. The van der Waals surface area contributed by atoms with Crippen molar-refractivity contribution in [2.24, 2.45) is 5.92 Å². The van der Waals surface area contributed by atoms with E-state index in [1.54, 1.807) is 21.3 Å². The summed E-state index contributed by atoms with van der Waals surface area (Å²) >= 11 is 1.09. The summed E-state index contributed by atoms with van der Waals surface area (Å²) in [4.78, 5) is 26.7. The number of carbonyl (C=O) groups excluding carboxylic acids is 2. The van der Waals surface area contributed by atoms with Crippen LogP contribution in [-0.2, 0) is 14.8 Å². The van der Waals surface area contributed by atoms with E-state index in [2.05, 4.69) is 17.6 Å². The van der Waals surface area contributed by atoms with Gasteiger partial charge in [-0.15, -0.1) is 11.3 Å². The predicted molar refractivity (Wildman–Crippen MR) is 123 cm³/mol. The molecule has 0 aliphatic carbocycles. The lowest BCUT2D eigenvalue weighted by Gasteiger charge is -2.31. The summed E-state index contributed by atoms with van der Waals surface area (Å²) in [6.45, 7) is 4.83. The van der Waals surface area contributed by atoms with Crippen molar-refractivity contribution in [3.63, 3.8) is 0 Å². The lowest BCUT2D eigenvalue weighted by Crippen LogP contribution is -2.47. The van der Waals surface area contributed by atoms with Crippen LogP contribution in [0.15, 0.2) is 16.3 Å². The Kier molecular flexibility index (Phi) is 8.74. The second-order valence-corrected chi connectivity index (χ2v) is 11.5. The number of urea groups is 1. The van der Waals surface area contributed by atoms with Crippen LogP contribution in [0.1, 0.15) is 58.3 Å². The van der Waals surface area contributed by atoms with E-state index in [4.69, 9.17) is 0 Å². The summed E-state index contributed by atoms with van der Waals surface area (Å²) in [7, 11) is -3.52. The molecule has 2 aliphatic heterocycles. The maximum Gasteiger partial charge on any atom is 0.322 e. The third-order valence-corrected chi connectivity index (χ3v) is 9.25. The molecule has 1 atom stereocenters. The minimum Gasteiger partial charge on any atom is -0.356 e. The Hall–Kier alpha value is -1.65. The number of sulfonamides is 1. The van der Waals surface area contributed by atoms with Crippen LogP contribution in [0.25, 0.3) is 0 Å². The molecule has 31 heavy (non-hydrogen) atoms. The molecule has 0 saturated carbocycles. The lowest BCUT2D eigenvalue weighted by molar-refractivity contribution is -0.126. The van der Waals surface area contributed by atoms with E-state index in [0.717, 1.165) is 62.7 Å². The van der Waals surface area contributed by atoms with E-state index in [0.29, 0.717) is 37.7 Å². The first-order chi connectivity index (χ1) is 14.9. The summed E-state index contributed by atoms with van der Waals surface area (Å²) in [5.74, 6) is -0.188. The minimum atomic E-state index is -3.52. The largest absolute Gasteiger partial charge is 0.356 e. The molecule has 3 amide bonds. The van der Waals surface area contributed by atoms with Crippen molar-refractivity contribution >= 4 is 38.3 Å². The lowest BCUT2D eigenvalue weighted by atomic mass is 9.97. The highest BCUT2D eigenvalue weighted by Crippen LogP contribution is 2.30. The number of piperidine rings is 1. The molecule has 3 heterocycles. The molecule has 0 spiro atoms. The van der Waals surface area contributed by atoms with Crippen LogP contribution in [-0.4, -0.2) is 62.3 Å². The van der Waals surface area contributed by atoms with Crippen LogP contribution in [0.4, 0.5) is 9.80 Å². The molecule has 3 rings (SSSR count). The van der Waals surface area contributed by atoms with Gasteiger partial charge >= 0.3 is 6.03 Å². The van der Waals surface area contributed by atoms with E-state index in [1.165, 1.54) is 0 Å². The fourth-order valence-corrected chi connectivity index (χ4v) is 6.90. The molecule has 10 heteroatoms. The standard InChI is InChI=1S/C21H34N4O4S2/c1-2-3-12-22-20(26)17-9-8-13-24(16-17)21(27)23-18-10-11-19(30-18)31(28,29)25-14-6-4-5-7-15-25/h10-11,17H,2-9,12-16H2,1H3,(H,22,26)(H,23,27). The molecule has 1 aromatic rings. The Morgan fingerprint density at radius 2 is 1.84 bits per heavy atom. The number of thiophene rings is 1. The van der Waals surface area contributed by atoms with Gasteiger partial charge in [0.2, 0.25) is 5.91 Å². The van der Waals surface area contributed by atoms with Crippen molar-refractivity contribution in [3.05, 3.63) is 12.1 Å². The topological polar surface area (TPSA) is 98.8 Å². The van der Waals surface area contributed by atoms with Crippen LogP contribution >= 0.6 is 11.3 Å². The monoisotopic (exact) mass is 470 g/mol. The number of nitrogens with zero attached hydrogens (tertiary/aromatic N) is 2.